The van der Waals surface area contributed by atoms with E-state index >= 15 is 0 Å². The molecule has 0 unspecified atom stereocenters. The third kappa shape index (κ3) is 5.32. The molecule has 0 saturated carbocycles. The average Bonchev–Trinajstić information content (AvgIpc) is 3.29. The first-order valence-corrected chi connectivity index (χ1v) is 9.27. The maximum Gasteiger partial charge on any atom is 0.329 e. The van der Waals surface area contributed by atoms with Crippen LogP contribution in [0.4, 0.5) is 5.69 Å². The number of carbonyl (C=O) groups excluding carboxylic acids is 2. The van der Waals surface area contributed by atoms with Crippen LogP contribution in [-0.2, 0) is 16.0 Å². The van der Waals surface area contributed by atoms with Crippen LogP contribution in [0.25, 0.3) is 0 Å². The number of nitrogens with zero attached hydrogens (tertiary/aromatic N) is 1. The van der Waals surface area contributed by atoms with Crippen LogP contribution in [-0.4, -0.2) is 22.8 Å². The van der Waals surface area contributed by atoms with E-state index in [1.807, 2.05) is 30.3 Å². The zero-order chi connectivity index (χ0) is 21.5. The van der Waals surface area contributed by atoms with Crippen molar-refractivity contribution in [3.05, 3.63) is 100.0 Å². The monoisotopic (exact) mass is 408 g/mol. The van der Waals surface area contributed by atoms with Gasteiger partial charge in [0.15, 0.2) is 5.76 Å². The van der Waals surface area contributed by atoms with Gasteiger partial charge in [0.1, 0.15) is 12.1 Å². The molecule has 8 heteroatoms. The molecule has 30 heavy (non-hydrogen) atoms. The van der Waals surface area contributed by atoms with Crippen molar-refractivity contribution in [1.29, 1.82) is 0 Å². The number of nitro benzene ring substituents is 1. The molecule has 1 amide bonds. The van der Waals surface area contributed by atoms with Crippen molar-refractivity contribution in [1.82, 2.24) is 5.32 Å². The Kier molecular flexibility index (Phi) is 6.59. The van der Waals surface area contributed by atoms with Gasteiger partial charge in [-0.15, -0.1) is 0 Å². The average molecular weight is 408 g/mol. The highest BCUT2D eigenvalue weighted by Crippen LogP contribution is 2.22. The predicted molar refractivity (Wildman–Crippen MR) is 108 cm³/mol. The number of hydrogen-bond acceptors (Lipinski definition) is 6. The van der Waals surface area contributed by atoms with Crippen LogP contribution in [0.3, 0.4) is 0 Å². The Morgan fingerprint density at radius 1 is 1.10 bits per heavy atom. The van der Waals surface area contributed by atoms with Crippen molar-refractivity contribution in [2.45, 2.75) is 25.5 Å². The van der Waals surface area contributed by atoms with Crippen LogP contribution in [0.5, 0.6) is 0 Å². The number of ether oxygens (including phenoxy) is 1. The zero-order valence-corrected chi connectivity index (χ0v) is 16.2. The molecule has 3 aromatic rings. The third-order valence-corrected chi connectivity index (χ3v) is 4.46. The fourth-order valence-corrected chi connectivity index (χ4v) is 2.90. The van der Waals surface area contributed by atoms with Crippen LogP contribution in [0.15, 0.2) is 77.4 Å². The summed E-state index contributed by atoms with van der Waals surface area (Å²) in [6.07, 6.45) is 0.841. The van der Waals surface area contributed by atoms with Gasteiger partial charge in [-0.3, -0.25) is 14.9 Å². The Morgan fingerprint density at radius 3 is 2.53 bits per heavy atom. The Morgan fingerprint density at radius 2 is 1.87 bits per heavy atom. The van der Waals surface area contributed by atoms with E-state index in [-0.39, 0.29) is 17.9 Å². The molecule has 1 N–H and O–H groups in total. The summed E-state index contributed by atoms with van der Waals surface area (Å²) in [5.41, 5.74) is 1.22. The first-order chi connectivity index (χ1) is 14.4. The Bertz CT molecular complexity index is 1020. The van der Waals surface area contributed by atoms with E-state index in [9.17, 15) is 19.7 Å². The lowest BCUT2D eigenvalue weighted by Gasteiger charge is -2.20. The molecule has 0 bridgehead atoms. The van der Waals surface area contributed by atoms with Gasteiger partial charge in [0.05, 0.1) is 11.2 Å². The lowest BCUT2D eigenvalue weighted by molar-refractivity contribution is -0.385. The van der Waals surface area contributed by atoms with Gasteiger partial charge >= 0.3 is 5.97 Å². The second-order valence-electron chi connectivity index (χ2n) is 6.62. The molecule has 1 aromatic heterocycles. The first-order valence-electron chi connectivity index (χ1n) is 9.27. The van der Waals surface area contributed by atoms with Crippen molar-refractivity contribution in [3.63, 3.8) is 0 Å². The lowest BCUT2D eigenvalue weighted by Crippen LogP contribution is -2.43. The highest BCUT2D eigenvalue weighted by molar-refractivity contribution is 5.94. The molecule has 154 valence electrons. The van der Waals surface area contributed by atoms with Gasteiger partial charge in [-0.2, -0.15) is 0 Å². The fourth-order valence-electron chi connectivity index (χ4n) is 2.90. The summed E-state index contributed by atoms with van der Waals surface area (Å²) in [6, 6.07) is 17.2. The topological polar surface area (TPSA) is 112 Å². The van der Waals surface area contributed by atoms with E-state index in [1.165, 1.54) is 30.5 Å². The Labute approximate surface area is 172 Å². The number of non-ortho nitro benzene ring substituents is 1. The molecule has 2 aromatic carbocycles. The number of carbonyl (C=O) groups is 2. The Hall–Kier alpha value is -3.94. The molecule has 0 spiro atoms. The van der Waals surface area contributed by atoms with Crippen molar-refractivity contribution >= 4 is 17.6 Å². The van der Waals surface area contributed by atoms with E-state index in [2.05, 4.69) is 5.32 Å². The van der Waals surface area contributed by atoms with Gasteiger partial charge in [-0.1, -0.05) is 42.5 Å². The van der Waals surface area contributed by atoms with Crippen LogP contribution in [0.1, 0.15) is 34.7 Å². The van der Waals surface area contributed by atoms with Gasteiger partial charge in [0.2, 0.25) is 0 Å². The quantitative estimate of drug-likeness (QED) is 0.344. The highest BCUT2D eigenvalue weighted by atomic mass is 16.6. The van der Waals surface area contributed by atoms with Crippen molar-refractivity contribution in [3.8, 4) is 0 Å². The standard InChI is InChI=1S/C22H20N2O6/c1-15(17-9-5-10-18(14-17)24(27)28)30-22(26)19(13-16-7-3-2-4-8-16)23-21(25)20-11-6-12-29-20/h2-12,14-15,19H,13H2,1H3,(H,23,25)/t15-,19-/m0/s1. The Balaban J connectivity index is 1.76. The summed E-state index contributed by atoms with van der Waals surface area (Å²) in [5, 5.41) is 13.6. The maximum absolute atomic E-state index is 12.9. The SMILES string of the molecule is C[C@H](OC(=O)[C@H](Cc1ccccc1)NC(=O)c1ccco1)c1cccc([N+](=O)[O-])c1. The number of esters is 1. The third-order valence-electron chi connectivity index (χ3n) is 4.46. The summed E-state index contributed by atoms with van der Waals surface area (Å²) in [4.78, 5) is 35.7. The van der Waals surface area contributed by atoms with E-state index in [1.54, 1.807) is 19.1 Å². The number of benzene rings is 2. The normalized spacial score (nSPS) is 12.6. The summed E-state index contributed by atoms with van der Waals surface area (Å²) in [5.74, 6) is -1.12. The van der Waals surface area contributed by atoms with Crippen LogP contribution in [0, 0.1) is 10.1 Å². The molecular formula is C22H20N2O6. The van der Waals surface area contributed by atoms with Crippen LogP contribution >= 0.6 is 0 Å². The maximum atomic E-state index is 12.9. The molecule has 0 radical (unpaired) electrons. The van der Waals surface area contributed by atoms with E-state index in [4.69, 9.17) is 9.15 Å². The predicted octanol–water partition coefficient (Wildman–Crippen LogP) is 3.83. The molecule has 1 heterocycles. The number of nitrogens with one attached hydrogen (secondary N) is 1. The number of furan rings is 1. The molecule has 2 atom stereocenters. The van der Waals surface area contributed by atoms with Crippen molar-refractivity contribution in [2.24, 2.45) is 0 Å². The zero-order valence-electron chi connectivity index (χ0n) is 16.2. The number of hydrogen-bond donors (Lipinski definition) is 1. The molecule has 8 nitrogen and oxygen atoms in total. The van der Waals surface area contributed by atoms with E-state index in [0.29, 0.717) is 5.56 Å². The number of rotatable bonds is 8. The van der Waals surface area contributed by atoms with Gasteiger partial charge in [-0.25, -0.2) is 4.79 Å². The molecule has 0 saturated heterocycles. The van der Waals surface area contributed by atoms with Crippen molar-refractivity contribution in [2.75, 3.05) is 0 Å². The van der Waals surface area contributed by atoms with Gasteiger partial charge < -0.3 is 14.5 Å². The summed E-state index contributed by atoms with van der Waals surface area (Å²) < 4.78 is 10.6. The first kappa shape index (κ1) is 20.8. The minimum atomic E-state index is -0.967. The van der Waals surface area contributed by atoms with Gasteiger partial charge in [0, 0.05) is 18.6 Å². The van der Waals surface area contributed by atoms with E-state index in [0.717, 1.165) is 5.56 Å². The van der Waals surface area contributed by atoms with Gasteiger partial charge in [0.25, 0.3) is 11.6 Å². The lowest BCUT2D eigenvalue weighted by atomic mass is 10.1. The fraction of sp³-hybridized carbons (Fsp3) is 0.182. The minimum Gasteiger partial charge on any atom is -0.459 e. The van der Waals surface area contributed by atoms with Gasteiger partial charge in [-0.05, 0) is 30.2 Å². The highest BCUT2D eigenvalue weighted by Gasteiger charge is 2.26. The van der Waals surface area contributed by atoms with Crippen LogP contribution in [0.2, 0.25) is 0 Å². The molecule has 0 fully saturated rings. The molecule has 3 rings (SSSR count). The molecule has 0 aliphatic carbocycles. The van der Waals surface area contributed by atoms with Crippen LogP contribution < -0.4 is 5.32 Å². The number of nitro groups is 1. The second kappa shape index (κ2) is 9.51. The summed E-state index contributed by atoms with van der Waals surface area (Å²) >= 11 is 0. The summed E-state index contributed by atoms with van der Waals surface area (Å²) in [7, 11) is 0. The van der Waals surface area contributed by atoms with Crippen molar-refractivity contribution < 1.29 is 23.7 Å². The number of amides is 1. The minimum absolute atomic E-state index is 0.0765. The molecule has 0 aliphatic rings. The molecule has 0 aliphatic heterocycles. The van der Waals surface area contributed by atoms with E-state index < -0.39 is 28.9 Å². The summed E-state index contributed by atoms with van der Waals surface area (Å²) in [6.45, 7) is 1.62. The molecular weight excluding hydrogens is 388 g/mol. The smallest absolute Gasteiger partial charge is 0.329 e. The second-order valence-corrected chi connectivity index (χ2v) is 6.62. The largest absolute Gasteiger partial charge is 0.459 e.